The van der Waals surface area contributed by atoms with Gasteiger partial charge in [0.2, 0.25) is 0 Å². The van der Waals surface area contributed by atoms with Crippen LogP contribution in [0.3, 0.4) is 0 Å². The summed E-state index contributed by atoms with van der Waals surface area (Å²) in [5.41, 5.74) is 1.50. The average molecular weight is 293 g/mol. The van der Waals surface area contributed by atoms with Crippen LogP contribution in [0.5, 0.6) is 0 Å². The predicted molar refractivity (Wildman–Crippen MR) is 86.0 cm³/mol. The summed E-state index contributed by atoms with van der Waals surface area (Å²) >= 11 is 0. The van der Waals surface area contributed by atoms with Gasteiger partial charge < -0.3 is 5.32 Å². The first kappa shape index (κ1) is 14.5. The van der Waals surface area contributed by atoms with E-state index >= 15 is 0 Å². The molecule has 1 fully saturated rings. The molecule has 3 nitrogen and oxygen atoms in total. The van der Waals surface area contributed by atoms with Crippen LogP contribution >= 0.6 is 0 Å². The molecule has 1 unspecified atom stereocenters. The second kappa shape index (κ2) is 6.14. The van der Waals surface area contributed by atoms with Gasteiger partial charge in [-0.05, 0) is 31.7 Å². The minimum atomic E-state index is -0.167. The molecule has 1 N–H and O–H groups in total. The van der Waals surface area contributed by atoms with E-state index in [2.05, 4.69) is 5.32 Å². The summed E-state index contributed by atoms with van der Waals surface area (Å²) in [4.78, 5) is 25.1. The Hall–Kier alpha value is -2.42. The van der Waals surface area contributed by atoms with E-state index in [0.717, 1.165) is 0 Å². The summed E-state index contributed by atoms with van der Waals surface area (Å²) in [5.74, 6) is 0.297. The molecule has 0 aromatic heterocycles. The van der Waals surface area contributed by atoms with E-state index in [1.165, 1.54) is 12.8 Å². The fourth-order valence-corrected chi connectivity index (χ4v) is 2.62. The number of carbonyl (C=O) groups is 2. The van der Waals surface area contributed by atoms with Crippen molar-refractivity contribution in [2.75, 3.05) is 0 Å². The Bertz CT molecular complexity index is 690. The average Bonchev–Trinajstić information content (AvgIpc) is 3.40. The molecule has 1 saturated carbocycles. The van der Waals surface area contributed by atoms with Crippen LogP contribution in [0.25, 0.3) is 0 Å². The molecule has 0 bridgehead atoms. The SMILES string of the molecule is CC(NC(=O)c1ccccc1C(=O)c1ccccc1)C1CC1. The number of hydrogen-bond donors (Lipinski definition) is 1. The predicted octanol–water partition coefficient (Wildman–Crippen LogP) is 3.45. The van der Waals surface area contributed by atoms with Gasteiger partial charge in [-0.25, -0.2) is 0 Å². The largest absolute Gasteiger partial charge is 0.349 e. The van der Waals surface area contributed by atoms with Crippen molar-refractivity contribution in [3.63, 3.8) is 0 Å². The number of carbonyl (C=O) groups excluding carboxylic acids is 2. The van der Waals surface area contributed by atoms with Crippen LogP contribution < -0.4 is 5.32 Å². The first-order chi connectivity index (χ1) is 10.7. The van der Waals surface area contributed by atoms with Gasteiger partial charge in [0.15, 0.2) is 5.78 Å². The molecule has 22 heavy (non-hydrogen) atoms. The Morgan fingerprint density at radius 2 is 1.55 bits per heavy atom. The Labute approximate surface area is 130 Å². The summed E-state index contributed by atoms with van der Waals surface area (Å²) in [6.07, 6.45) is 2.35. The normalized spacial score (nSPS) is 15.1. The Balaban J connectivity index is 1.86. The van der Waals surface area contributed by atoms with Gasteiger partial charge >= 0.3 is 0 Å². The third-order valence-corrected chi connectivity index (χ3v) is 4.14. The Morgan fingerprint density at radius 1 is 0.955 bits per heavy atom. The summed E-state index contributed by atoms with van der Waals surface area (Å²) in [6, 6.07) is 16.2. The van der Waals surface area contributed by atoms with E-state index in [4.69, 9.17) is 0 Å². The number of rotatable bonds is 5. The van der Waals surface area contributed by atoms with Crippen molar-refractivity contribution >= 4 is 11.7 Å². The van der Waals surface area contributed by atoms with Crippen molar-refractivity contribution in [2.45, 2.75) is 25.8 Å². The quantitative estimate of drug-likeness (QED) is 0.858. The topological polar surface area (TPSA) is 46.2 Å². The van der Waals surface area contributed by atoms with Gasteiger partial charge in [0.1, 0.15) is 0 Å². The van der Waals surface area contributed by atoms with E-state index in [-0.39, 0.29) is 17.7 Å². The molecule has 0 spiro atoms. The Kier molecular flexibility index (Phi) is 4.05. The highest BCUT2D eigenvalue weighted by atomic mass is 16.2. The molecular weight excluding hydrogens is 274 g/mol. The molecule has 2 aromatic rings. The highest BCUT2D eigenvalue weighted by Crippen LogP contribution is 2.32. The number of benzene rings is 2. The minimum absolute atomic E-state index is 0.120. The first-order valence-electron chi connectivity index (χ1n) is 7.66. The second-order valence-corrected chi connectivity index (χ2v) is 5.84. The van der Waals surface area contributed by atoms with Crippen LogP contribution in [-0.4, -0.2) is 17.7 Å². The molecule has 2 aromatic carbocycles. The summed E-state index contributed by atoms with van der Waals surface area (Å²) in [7, 11) is 0. The lowest BCUT2D eigenvalue weighted by atomic mass is 9.97. The van der Waals surface area contributed by atoms with E-state index in [9.17, 15) is 9.59 Å². The van der Waals surface area contributed by atoms with Crippen LogP contribution in [0.4, 0.5) is 0 Å². The smallest absolute Gasteiger partial charge is 0.252 e. The maximum atomic E-state index is 12.6. The maximum absolute atomic E-state index is 12.6. The highest BCUT2D eigenvalue weighted by Gasteiger charge is 2.29. The van der Waals surface area contributed by atoms with Crippen molar-refractivity contribution in [1.29, 1.82) is 0 Å². The minimum Gasteiger partial charge on any atom is -0.349 e. The summed E-state index contributed by atoms with van der Waals surface area (Å²) in [5, 5.41) is 3.01. The molecule has 3 rings (SSSR count). The van der Waals surface area contributed by atoms with Crippen molar-refractivity contribution < 1.29 is 9.59 Å². The van der Waals surface area contributed by atoms with Crippen LogP contribution in [0.15, 0.2) is 54.6 Å². The molecule has 1 aliphatic carbocycles. The van der Waals surface area contributed by atoms with E-state index in [0.29, 0.717) is 22.6 Å². The van der Waals surface area contributed by atoms with Gasteiger partial charge in [0.25, 0.3) is 5.91 Å². The molecule has 1 amide bonds. The fourth-order valence-electron chi connectivity index (χ4n) is 2.62. The molecule has 3 heteroatoms. The zero-order valence-corrected chi connectivity index (χ0v) is 12.6. The summed E-state index contributed by atoms with van der Waals surface area (Å²) in [6.45, 7) is 2.02. The van der Waals surface area contributed by atoms with Crippen LogP contribution in [0.1, 0.15) is 46.0 Å². The van der Waals surface area contributed by atoms with Crippen LogP contribution in [-0.2, 0) is 0 Å². The molecule has 0 aliphatic heterocycles. The summed E-state index contributed by atoms with van der Waals surface area (Å²) < 4.78 is 0. The zero-order valence-electron chi connectivity index (χ0n) is 12.6. The molecule has 1 aliphatic rings. The Morgan fingerprint density at radius 3 is 2.18 bits per heavy atom. The molecule has 1 atom stereocenters. The van der Waals surface area contributed by atoms with E-state index in [1.54, 1.807) is 36.4 Å². The fraction of sp³-hybridized carbons (Fsp3) is 0.263. The van der Waals surface area contributed by atoms with Crippen LogP contribution in [0.2, 0.25) is 0 Å². The zero-order chi connectivity index (χ0) is 15.5. The lowest BCUT2D eigenvalue weighted by Crippen LogP contribution is -2.34. The second-order valence-electron chi connectivity index (χ2n) is 5.84. The van der Waals surface area contributed by atoms with Crippen molar-refractivity contribution in [3.05, 3.63) is 71.3 Å². The van der Waals surface area contributed by atoms with Gasteiger partial charge in [-0.15, -0.1) is 0 Å². The number of nitrogens with one attached hydrogen (secondary N) is 1. The number of ketones is 1. The van der Waals surface area contributed by atoms with Crippen molar-refractivity contribution in [3.8, 4) is 0 Å². The van der Waals surface area contributed by atoms with E-state index in [1.807, 2.05) is 25.1 Å². The third-order valence-electron chi connectivity index (χ3n) is 4.14. The van der Waals surface area contributed by atoms with Gasteiger partial charge in [-0.2, -0.15) is 0 Å². The lowest BCUT2D eigenvalue weighted by molar-refractivity contribution is 0.0926. The molecule has 0 radical (unpaired) electrons. The lowest BCUT2D eigenvalue weighted by Gasteiger charge is -2.14. The number of hydrogen-bond acceptors (Lipinski definition) is 2. The van der Waals surface area contributed by atoms with Gasteiger partial charge in [-0.1, -0.05) is 48.5 Å². The first-order valence-corrected chi connectivity index (χ1v) is 7.66. The molecule has 0 heterocycles. The van der Waals surface area contributed by atoms with Gasteiger partial charge in [0.05, 0.1) is 5.56 Å². The standard InChI is InChI=1S/C19H19NO2/c1-13(14-11-12-14)20-19(22)17-10-6-5-9-16(17)18(21)15-7-3-2-4-8-15/h2-10,13-14H,11-12H2,1H3,(H,20,22). The van der Waals surface area contributed by atoms with Crippen LogP contribution in [0, 0.1) is 5.92 Å². The number of amides is 1. The molecule has 112 valence electrons. The molecular formula is C19H19NO2. The van der Waals surface area contributed by atoms with Crippen molar-refractivity contribution in [2.24, 2.45) is 5.92 Å². The monoisotopic (exact) mass is 293 g/mol. The van der Waals surface area contributed by atoms with Gasteiger partial charge in [-0.3, -0.25) is 9.59 Å². The maximum Gasteiger partial charge on any atom is 0.252 e. The third kappa shape index (κ3) is 3.08. The molecule has 0 saturated heterocycles. The van der Waals surface area contributed by atoms with Crippen molar-refractivity contribution in [1.82, 2.24) is 5.32 Å². The van der Waals surface area contributed by atoms with Gasteiger partial charge in [0, 0.05) is 17.2 Å². The van der Waals surface area contributed by atoms with E-state index < -0.39 is 0 Å². The highest BCUT2D eigenvalue weighted by molar-refractivity contribution is 6.15.